The molecule has 1 amide bonds. The number of benzene rings is 1. The molecular weight excluding hydrogens is 246 g/mol. The van der Waals surface area contributed by atoms with Gasteiger partial charge in [-0.05, 0) is 37.6 Å². The van der Waals surface area contributed by atoms with Crippen molar-refractivity contribution < 1.29 is 4.79 Å². The average Bonchev–Trinajstić information content (AvgIpc) is 2.39. The second-order valence-electron chi connectivity index (χ2n) is 4.40. The largest absolute Gasteiger partial charge is 0.330 e. The Balaban J connectivity index is 2.36. The number of hydrogen-bond acceptors (Lipinski definition) is 4. The van der Waals surface area contributed by atoms with Crippen LogP contribution in [-0.4, -0.2) is 24.2 Å². The van der Waals surface area contributed by atoms with Gasteiger partial charge in [0.05, 0.1) is 10.9 Å². The first-order valence-electron chi connectivity index (χ1n) is 6.18. The first-order valence-corrected chi connectivity index (χ1v) is 7.06. The molecule has 18 heavy (non-hydrogen) atoms. The van der Waals surface area contributed by atoms with E-state index >= 15 is 0 Å². The molecule has 4 nitrogen and oxygen atoms in total. The van der Waals surface area contributed by atoms with Crippen molar-refractivity contribution in [3.63, 3.8) is 0 Å². The second kappa shape index (κ2) is 5.73. The molecule has 1 heterocycles. The van der Waals surface area contributed by atoms with E-state index < -0.39 is 0 Å². The summed E-state index contributed by atoms with van der Waals surface area (Å²) in [6.07, 6.45) is 0.815. The highest BCUT2D eigenvalue weighted by Crippen LogP contribution is 2.39. The van der Waals surface area contributed by atoms with Gasteiger partial charge >= 0.3 is 0 Å². The predicted octanol–water partition coefficient (Wildman–Crippen LogP) is 1.32. The molecule has 0 aliphatic carbocycles. The Labute approximate surface area is 112 Å². The van der Waals surface area contributed by atoms with Crippen molar-refractivity contribution in [2.75, 3.05) is 18.0 Å². The van der Waals surface area contributed by atoms with Crippen molar-refractivity contribution in [3.05, 3.63) is 23.8 Å². The Morgan fingerprint density at radius 1 is 1.39 bits per heavy atom. The summed E-state index contributed by atoms with van der Waals surface area (Å²) >= 11 is 1.61. The van der Waals surface area contributed by atoms with Crippen LogP contribution in [-0.2, 0) is 11.3 Å². The Morgan fingerprint density at radius 2 is 2.17 bits per heavy atom. The van der Waals surface area contributed by atoms with Gasteiger partial charge in [-0.25, -0.2) is 0 Å². The summed E-state index contributed by atoms with van der Waals surface area (Å²) in [7, 11) is 0. The summed E-state index contributed by atoms with van der Waals surface area (Å²) in [6.45, 7) is 3.72. The molecule has 1 aromatic carbocycles. The van der Waals surface area contributed by atoms with Crippen LogP contribution in [0.15, 0.2) is 23.1 Å². The van der Waals surface area contributed by atoms with Gasteiger partial charge < -0.3 is 16.4 Å². The van der Waals surface area contributed by atoms with E-state index in [9.17, 15) is 4.79 Å². The standard InChI is InChI=1S/C13H19N3OS/c1-9-13(17)16(6-2-5-14)11-7-10(8-15)3-4-12(11)18-9/h3-4,7,9H,2,5-6,8,14-15H2,1H3. The molecule has 1 aliphatic heterocycles. The molecule has 0 radical (unpaired) electrons. The minimum absolute atomic E-state index is 0.0287. The number of rotatable bonds is 4. The number of nitrogens with two attached hydrogens (primary N) is 2. The minimum Gasteiger partial charge on any atom is -0.330 e. The van der Waals surface area contributed by atoms with E-state index in [1.54, 1.807) is 11.8 Å². The van der Waals surface area contributed by atoms with Crippen LogP contribution in [0.1, 0.15) is 18.9 Å². The van der Waals surface area contributed by atoms with Crippen molar-refractivity contribution in [3.8, 4) is 0 Å². The Morgan fingerprint density at radius 3 is 2.83 bits per heavy atom. The number of thioether (sulfide) groups is 1. The molecule has 1 aliphatic rings. The average molecular weight is 265 g/mol. The van der Waals surface area contributed by atoms with E-state index in [4.69, 9.17) is 11.5 Å². The molecule has 98 valence electrons. The van der Waals surface area contributed by atoms with Gasteiger partial charge in [0.15, 0.2) is 0 Å². The molecule has 0 bridgehead atoms. The van der Waals surface area contributed by atoms with Gasteiger partial charge in [0.2, 0.25) is 5.91 Å². The molecule has 1 atom stereocenters. The van der Waals surface area contributed by atoms with Crippen LogP contribution in [0.3, 0.4) is 0 Å². The summed E-state index contributed by atoms with van der Waals surface area (Å²) in [4.78, 5) is 15.2. The fraction of sp³-hybridized carbons (Fsp3) is 0.462. The van der Waals surface area contributed by atoms with E-state index in [-0.39, 0.29) is 11.2 Å². The molecule has 1 unspecified atom stereocenters. The maximum Gasteiger partial charge on any atom is 0.240 e. The minimum atomic E-state index is -0.0287. The highest BCUT2D eigenvalue weighted by molar-refractivity contribution is 8.00. The van der Waals surface area contributed by atoms with Gasteiger partial charge in [0, 0.05) is 18.0 Å². The monoisotopic (exact) mass is 265 g/mol. The molecule has 0 aromatic heterocycles. The third-order valence-electron chi connectivity index (χ3n) is 3.05. The quantitative estimate of drug-likeness (QED) is 0.861. The van der Waals surface area contributed by atoms with Crippen molar-refractivity contribution >= 4 is 23.4 Å². The predicted molar refractivity (Wildman–Crippen MR) is 75.7 cm³/mol. The smallest absolute Gasteiger partial charge is 0.240 e. The Hall–Kier alpha value is -1.04. The number of amides is 1. The lowest BCUT2D eigenvalue weighted by Crippen LogP contribution is -2.41. The first-order chi connectivity index (χ1) is 8.67. The summed E-state index contributed by atoms with van der Waals surface area (Å²) in [5.41, 5.74) is 13.2. The zero-order chi connectivity index (χ0) is 13.1. The second-order valence-corrected chi connectivity index (χ2v) is 5.78. The normalized spacial score (nSPS) is 18.9. The summed E-state index contributed by atoms with van der Waals surface area (Å²) < 4.78 is 0. The lowest BCUT2D eigenvalue weighted by atomic mass is 10.1. The SMILES string of the molecule is CC1Sc2ccc(CN)cc2N(CCCN)C1=O. The molecule has 2 rings (SSSR count). The van der Waals surface area contributed by atoms with Crippen LogP contribution in [0.2, 0.25) is 0 Å². The molecule has 0 spiro atoms. The van der Waals surface area contributed by atoms with Gasteiger partial charge in [-0.15, -0.1) is 11.8 Å². The lowest BCUT2D eigenvalue weighted by molar-refractivity contribution is -0.118. The van der Waals surface area contributed by atoms with Gasteiger partial charge in [0.1, 0.15) is 0 Å². The maximum atomic E-state index is 12.2. The summed E-state index contributed by atoms with van der Waals surface area (Å²) in [5, 5.41) is -0.0287. The Bertz CT molecular complexity index is 450. The van der Waals surface area contributed by atoms with Crippen LogP contribution in [0, 0.1) is 0 Å². The lowest BCUT2D eigenvalue weighted by Gasteiger charge is -2.32. The molecule has 4 N–H and O–H groups in total. The van der Waals surface area contributed by atoms with Gasteiger partial charge in [-0.3, -0.25) is 4.79 Å². The Kier molecular flexibility index (Phi) is 4.27. The fourth-order valence-corrected chi connectivity index (χ4v) is 3.11. The van der Waals surface area contributed by atoms with Crippen LogP contribution in [0.25, 0.3) is 0 Å². The van der Waals surface area contributed by atoms with Gasteiger partial charge in [-0.1, -0.05) is 6.07 Å². The van der Waals surface area contributed by atoms with Crippen LogP contribution < -0.4 is 16.4 Å². The van der Waals surface area contributed by atoms with Gasteiger partial charge in [0.25, 0.3) is 0 Å². The van der Waals surface area contributed by atoms with Crippen molar-refractivity contribution in [2.24, 2.45) is 11.5 Å². The molecular formula is C13H19N3OS. The molecule has 0 saturated carbocycles. The van der Waals surface area contributed by atoms with E-state index in [1.165, 1.54) is 0 Å². The van der Waals surface area contributed by atoms with E-state index in [1.807, 2.05) is 24.0 Å². The summed E-state index contributed by atoms with van der Waals surface area (Å²) in [5.74, 6) is 0.162. The summed E-state index contributed by atoms with van der Waals surface area (Å²) in [6, 6.07) is 6.10. The zero-order valence-corrected chi connectivity index (χ0v) is 11.4. The maximum absolute atomic E-state index is 12.2. The van der Waals surface area contributed by atoms with Crippen molar-refractivity contribution in [2.45, 2.75) is 30.0 Å². The van der Waals surface area contributed by atoms with E-state index in [2.05, 4.69) is 6.07 Å². The zero-order valence-electron chi connectivity index (χ0n) is 10.6. The fourth-order valence-electron chi connectivity index (χ4n) is 2.06. The number of anilines is 1. The number of fused-ring (bicyclic) bond motifs is 1. The van der Waals surface area contributed by atoms with Crippen LogP contribution >= 0.6 is 11.8 Å². The number of carbonyl (C=O) groups is 1. The van der Waals surface area contributed by atoms with E-state index in [0.29, 0.717) is 19.6 Å². The highest BCUT2D eigenvalue weighted by Gasteiger charge is 2.30. The molecule has 5 heteroatoms. The number of nitrogens with zero attached hydrogens (tertiary/aromatic N) is 1. The van der Waals surface area contributed by atoms with E-state index in [0.717, 1.165) is 22.6 Å². The number of hydrogen-bond donors (Lipinski definition) is 2. The van der Waals surface area contributed by atoms with Crippen LogP contribution in [0.4, 0.5) is 5.69 Å². The van der Waals surface area contributed by atoms with Crippen LogP contribution in [0.5, 0.6) is 0 Å². The van der Waals surface area contributed by atoms with Gasteiger partial charge in [-0.2, -0.15) is 0 Å². The molecule has 1 aromatic rings. The van der Waals surface area contributed by atoms with Crippen molar-refractivity contribution in [1.29, 1.82) is 0 Å². The third kappa shape index (κ3) is 2.53. The van der Waals surface area contributed by atoms with Crippen molar-refractivity contribution in [1.82, 2.24) is 0 Å². The molecule has 0 fully saturated rings. The topological polar surface area (TPSA) is 72.3 Å². The molecule has 0 saturated heterocycles. The highest BCUT2D eigenvalue weighted by atomic mass is 32.2. The third-order valence-corrected chi connectivity index (χ3v) is 4.21. The number of carbonyl (C=O) groups excluding carboxylic acids is 1. The first kappa shape index (κ1) is 13.4.